The van der Waals surface area contributed by atoms with Crippen LogP contribution in [0.15, 0.2) is 24.3 Å². The molecule has 1 aromatic carbocycles. The molecule has 102 valence electrons. The van der Waals surface area contributed by atoms with Crippen LogP contribution in [0.3, 0.4) is 0 Å². The number of aryl methyl sites for hydroxylation is 2. The van der Waals surface area contributed by atoms with Crippen molar-refractivity contribution >= 4 is 11.3 Å². The highest BCUT2D eigenvalue weighted by molar-refractivity contribution is 7.15. The number of rotatable bonds is 5. The zero-order valence-corrected chi connectivity index (χ0v) is 13.0. The molecule has 0 fully saturated rings. The third-order valence-electron chi connectivity index (χ3n) is 3.19. The van der Waals surface area contributed by atoms with Crippen LogP contribution < -0.4 is 5.32 Å². The number of benzene rings is 1. The number of thiazole rings is 1. The Kier molecular flexibility index (Phi) is 4.72. The maximum atomic E-state index is 4.73. The summed E-state index contributed by atoms with van der Waals surface area (Å²) in [5, 5.41) is 4.66. The molecule has 0 bridgehead atoms. The lowest BCUT2D eigenvalue weighted by Gasteiger charge is -2.11. The summed E-state index contributed by atoms with van der Waals surface area (Å²) in [6, 6.07) is 8.94. The van der Waals surface area contributed by atoms with Gasteiger partial charge in [0.05, 0.1) is 5.69 Å². The number of hydrogen-bond acceptors (Lipinski definition) is 3. The minimum atomic E-state index is 0.385. The van der Waals surface area contributed by atoms with Crippen LogP contribution in [-0.2, 0) is 0 Å². The molecule has 0 aliphatic heterocycles. The lowest BCUT2D eigenvalue weighted by Crippen LogP contribution is -2.18. The molecule has 0 aliphatic carbocycles. The molecule has 0 aliphatic rings. The highest BCUT2D eigenvalue weighted by Gasteiger charge is 2.14. The fourth-order valence-electron chi connectivity index (χ4n) is 2.17. The fourth-order valence-corrected chi connectivity index (χ4v) is 3.25. The molecular formula is C16H22N2S. The van der Waals surface area contributed by atoms with Crippen LogP contribution in [-0.4, -0.2) is 11.5 Å². The highest BCUT2D eigenvalue weighted by Crippen LogP contribution is 2.31. The van der Waals surface area contributed by atoms with Crippen LogP contribution in [0.25, 0.3) is 10.6 Å². The largest absolute Gasteiger partial charge is 0.309 e. The summed E-state index contributed by atoms with van der Waals surface area (Å²) in [7, 11) is 0. The summed E-state index contributed by atoms with van der Waals surface area (Å²) in [6.45, 7) is 9.69. The summed E-state index contributed by atoms with van der Waals surface area (Å²) in [5.41, 5.74) is 3.66. The Morgan fingerprint density at radius 3 is 2.79 bits per heavy atom. The van der Waals surface area contributed by atoms with Gasteiger partial charge in [-0.25, -0.2) is 4.98 Å². The van der Waals surface area contributed by atoms with Gasteiger partial charge in [-0.3, -0.25) is 0 Å². The molecule has 1 atom stereocenters. The second-order valence-electron chi connectivity index (χ2n) is 5.01. The quantitative estimate of drug-likeness (QED) is 0.869. The molecule has 1 N–H and O–H groups in total. The van der Waals surface area contributed by atoms with Crippen molar-refractivity contribution < 1.29 is 0 Å². The topological polar surface area (TPSA) is 24.9 Å². The fraction of sp³-hybridized carbons (Fsp3) is 0.438. The van der Waals surface area contributed by atoms with Crippen molar-refractivity contribution in [1.82, 2.24) is 10.3 Å². The molecular weight excluding hydrogens is 252 g/mol. The van der Waals surface area contributed by atoms with Gasteiger partial charge in [0.2, 0.25) is 0 Å². The Balaban J connectivity index is 2.25. The standard InChI is InChI=1S/C16H22N2S/c1-5-9-17-12(3)15-13(4)18-16(19-15)14-8-6-7-11(2)10-14/h6-8,10,12,17H,5,9H2,1-4H3. The second-order valence-corrected chi connectivity index (χ2v) is 6.04. The molecule has 2 rings (SSSR count). The Bertz CT molecular complexity index is 545. The molecule has 2 aromatic rings. The summed E-state index contributed by atoms with van der Waals surface area (Å²) in [6.07, 6.45) is 1.16. The smallest absolute Gasteiger partial charge is 0.123 e. The average Bonchev–Trinajstić information content (AvgIpc) is 2.78. The van der Waals surface area contributed by atoms with Crippen molar-refractivity contribution in [2.24, 2.45) is 0 Å². The zero-order valence-electron chi connectivity index (χ0n) is 12.2. The number of nitrogens with zero attached hydrogens (tertiary/aromatic N) is 1. The van der Waals surface area contributed by atoms with E-state index < -0.39 is 0 Å². The van der Waals surface area contributed by atoms with Gasteiger partial charge in [0, 0.05) is 16.5 Å². The Morgan fingerprint density at radius 2 is 2.11 bits per heavy atom. The first kappa shape index (κ1) is 14.2. The minimum absolute atomic E-state index is 0.385. The maximum Gasteiger partial charge on any atom is 0.123 e. The van der Waals surface area contributed by atoms with Crippen LogP contribution in [0.5, 0.6) is 0 Å². The van der Waals surface area contributed by atoms with Crippen LogP contribution in [0.1, 0.15) is 42.4 Å². The van der Waals surface area contributed by atoms with Gasteiger partial charge in [0.1, 0.15) is 5.01 Å². The summed E-state index contributed by atoms with van der Waals surface area (Å²) in [4.78, 5) is 6.08. The van der Waals surface area contributed by atoms with Crippen molar-refractivity contribution in [3.8, 4) is 10.6 Å². The number of hydrogen-bond donors (Lipinski definition) is 1. The van der Waals surface area contributed by atoms with E-state index in [2.05, 4.69) is 57.3 Å². The van der Waals surface area contributed by atoms with Gasteiger partial charge in [-0.2, -0.15) is 0 Å². The van der Waals surface area contributed by atoms with Crippen molar-refractivity contribution in [3.05, 3.63) is 40.4 Å². The SMILES string of the molecule is CCCNC(C)c1sc(-c2cccc(C)c2)nc1C. The van der Waals surface area contributed by atoms with Crippen molar-refractivity contribution in [1.29, 1.82) is 0 Å². The normalized spacial score (nSPS) is 12.6. The van der Waals surface area contributed by atoms with Gasteiger partial charge >= 0.3 is 0 Å². The molecule has 19 heavy (non-hydrogen) atoms. The van der Waals surface area contributed by atoms with Crippen LogP contribution in [0.4, 0.5) is 0 Å². The summed E-state index contributed by atoms with van der Waals surface area (Å²) >= 11 is 1.81. The van der Waals surface area contributed by atoms with Gasteiger partial charge in [-0.05, 0) is 39.8 Å². The van der Waals surface area contributed by atoms with E-state index in [1.807, 2.05) is 0 Å². The van der Waals surface area contributed by atoms with Gasteiger partial charge in [0.25, 0.3) is 0 Å². The Labute approximate surface area is 119 Å². The predicted molar refractivity (Wildman–Crippen MR) is 83.7 cm³/mol. The van der Waals surface area contributed by atoms with E-state index >= 15 is 0 Å². The van der Waals surface area contributed by atoms with Gasteiger partial charge in [-0.1, -0.05) is 30.7 Å². The van der Waals surface area contributed by atoms with E-state index in [1.54, 1.807) is 11.3 Å². The van der Waals surface area contributed by atoms with Gasteiger partial charge in [0.15, 0.2) is 0 Å². The Morgan fingerprint density at radius 1 is 1.32 bits per heavy atom. The third-order valence-corrected chi connectivity index (χ3v) is 4.58. The lowest BCUT2D eigenvalue weighted by atomic mass is 10.1. The molecule has 3 heteroatoms. The zero-order chi connectivity index (χ0) is 13.8. The average molecular weight is 274 g/mol. The van der Waals surface area contributed by atoms with E-state index in [0.717, 1.165) is 23.7 Å². The van der Waals surface area contributed by atoms with Crippen LogP contribution >= 0.6 is 11.3 Å². The molecule has 0 saturated heterocycles. The predicted octanol–water partition coefficient (Wildman–Crippen LogP) is 4.49. The maximum absolute atomic E-state index is 4.73. The monoisotopic (exact) mass is 274 g/mol. The summed E-state index contributed by atoms with van der Waals surface area (Å²) in [5.74, 6) is 0. The van der Waals surface area contributed by atoms with E-state index in [1.165, 1.54) is 16.0 Å². The van der Waals surface area contributed by atoms with Crippen molar-refractivity contribution in [2.45, 2.75) is 40.2 Å². The number of nitrogens with one attached hydrogen (secondary N) is 1. The van der Waals surface area contributed by atoms with Crippen LogP contribution in [0, 0.1) is 13.8 Å². The molecule has 0 radical (unpaired) electrons. The van der Waals surface area contributed by atoms with E-state index in [9.17, 15) is 0 Å². The first-order valence-electron chi connectivity index (χ1n) is 6.89. The van der Waals surface area contributed by atoms with Crippen LogP contribution in [0.2, 0.25) is 0 Å². The third kappa shape index (κ3) is 3.43. The van der Waals surface area contributed by atoms with Gasteiger partial charge < -0.3 is 5.32 Å². The second kappa shape index (κ2) is 6.31. The first-order chi connectivity index (χ1) is 9.11. The molecule has 2 nitrogen and oxygen atoms in total. The highest BCUT2D eigenvalue weighted by atomic mass is 32.1. The van der Waals surface area contributed by atoms with Crippen molar-refractivity contribution in [3.63, 3.8) is 0 Å². The van der Waals surface area contributed by atoms with E-state index in [4.69, 9.17) is 4.98 Å². The van der Waals surface area contributed by atoms with Crippen molar-refractivity contribution in [2.75, 3.05) is 6.54 Å². The van der Waals surface area contributed by atoms with E-state index in [-0.39, 0.29) is 0 Å². The molecule has 0 amide bonds. The lowest BCUT2D eigenvalue weighted by molar-refractivity contribution is 0.575. The molecule has 0 saturated carbocycles. The Hall–Kier alpha value is -1.19. The van der Waals surface area contributed by atoms with E-state index in [0.29, 0.717) is 6.04 Å². The number of aromatic nitrogens is 1. The molecule has 1 heterocycles. The first-order valence-corrected chi connectivity index (χ1v) is 7.71. The summed E-state index contributed by atoms with van der Waals surface area (Å²) < 4.78 is 0. The molecule has 0 spiro atoms. The van der Waals surface area contributed by atoms with Gasteiger partial charge in [-0.15, -0.1) is 11.3 Å². The minimum Gasteiger partial charge on any atom is -0.309 e. The molecule has 1 unspecified atom stereocenters. The molecule has 1 aromatic heterocycles.